The van der Waals surface area contributed by atoms with Gasteiger partial charge in [0, 0.05) is 20.2 Å². The van der Waals surface area contributed by atoms with Gasteiger partial charge in [0.05, 0.1) is 18.2 Å². The molecule has 114 valence electrons. The lowest BCUT2D eigenvalue weighted by Gasteiger charge is -2.18. The largest absolute Gasteiger partial charge is 0.492 e. The molecule has 20 heavy (non-hydrogen) atoms. The van der Waals surface area contributed by atoms with Gasteiger partial charge in [-0.25, -0.2) is 0 Å². The molecule has 0 amide bonds. The number of hydrogen-bond acceptors (Lipinski definition) is 3. The van der Waals surface area contributed by atoms with Crippen LogP contribution in [0.1, 0.15) is 32.8 Å². The number of rotatable bonds is 8. The van der Waals surface area contributed by atoms with Crippen molar-refractivity contribution in [3.8, 4) is 5.75 Å². The predicted molar refractivity (Wildman–Crippen MR) is 84.6 cm³/mol. The van der Waals surface area contributed by atoms with E-state index >= 15 is 0 Å². The van der Waals surface area contributed by atoms with Gasteiger partial charge in [0.25, 0.3) is 0 Å². The maximum Gasteiger partial charge on any atom is 0.137 e. The minimum atomic E-state index is 0.275. The zero-order valence-corrected chi connectivity index (χ0v) is 13.7. The molecule has 0 heterocycles. The summed E-state index contributed by atoms with van der Waals surface area (Å²) in [7, 11) is 1.70. The summed E-state index contributed by atoms with van der Waals surface area (Å²) in [4.78, 5) is 0. The Labute approximate surface area is 127 Å². The molecular weight excluding hydrogens is 274 g/mol. The Morgan fingerprint density at radius 2 is 1.95 bits per heavy atom. The fourth-order valence-corrected chi connectivity index (χ4v) is 1.90. The average molecular weight is 300 g/mol. The van der Waals surface area contributed by atoms with E-state index < -0.39 is 0 Å². The van der Waals surface area contributed by atoms with Gasteiger partial charge in [0.1, 0.15) is 5.75 Å². The summed E-state index contributed by atoms with van der Waals surface area (Å²) >= 11 is 6.24. The first-order chi connectivity index (χ1) is 9.42. The van der Waals surface area contributed by atoms with Gasteiger partial charge in [-0.3, -0.25) is 0 Å². The van der Waals surface area contributed by atoms with Gasteiger partial charge in [0.2, 0.25) is 0 Å². The van der Waals surface area contributed by atoms with E-state index in [1.165, 1.54) is 0 Å². The zero-order chi connectivity index (χ0) is 15.0. The number of nitrogens with one attached hydrogen (secondary N) is 1. The van der Waals surface area contributed by atoms with E-state index in [-0.39, 0.29) is 5.41 Å². The van der Waals surface area contributed by atoms with E-state index in [0.717, 1.165) is 30.8 Å². The van der Waals surface area contributed by atoms with Crippen LogP contribution in [0, 0.1) is 5.41 Å². The quantitative estimate of drug-likeness (QED) is 0.739. The van der Waals surface area contributed by atoms with Crippen molar-refractivity contribution < 1.29 is 9.47 Å². The van der Waals surface area contributed by atoms with Crippen molar-refractivity contribution in [2.75, 3.05) is 26.9 Å². The summed E-state index contributed by atoms with van der Waals surface area (Å²) in [5.41, 5.74) is 1.42. The van der Waals surface area contributed by atoms with Crippen molar-refractivity contribution in [3.63, 3.8) is 0 Å². The molecule has 0 aliphatic heterocycles. The highest BCUT2D eigenvalue weighted by Gasteiger charge is 2.11. The highest BCUT2D eigenvalue weighted by molar-refractivity contribution is 6.32. The maximum absolute atomic E-state index is 6.24. The molecule has 3 nitrogen and oxygen atoms in total. The standard InChI is InChI=1S/C16H26ClNO2/c1-16(2,3)7-9-20-15-6-5-13(11-14(15)17)12-18-8-10-19-4/h5-6,11,18H,7-10,12H2,1-4H3. The molecule has 0 aliphatic rings. The number of hydrogen-bond donors (Lipinski definition) is 1. The molecule has 0 bridgehead atoms. The molecule has 0 spiro atoms. The molecule has 1 aromatic rings. The third-order valence-corrected chi connectivity index (χ3v) is 3.21. The molecule has 4 heteroatoms. The normalized spacial score (nSPS) is 11.7. The molecular formula is C16H26ClNO2. The lowest BCUT2D eigenvalue weighted by Crippen LogP contribution is -2.18. The van der Waals surface area contributed by atoms with Crippen molar-refractivity contribution in [2.45, 2.75) is 33.7 Å². The topological polar surface area (TPSA) is 30.5 Å². The maximum atomic E-state index is 6.24. The summed E-state index contributed by atoms with van der Waals surface area (Å²) in [5, 5.41) is 3.96. The van der Waals surface area contributed by atoms with Crippen LogP contribution in [0.25, 0.3) is 0 Å². The Bertz CT molecular complexity index is 402. The lowest BCUT2D eigenvalue weighted by molar-refractivity contribution is 0.199. The number of benzene rings is 1. The molecule has 0 atom stereocenters. The first-order valence-electron chi connectivity index (χ1n) is 7.03. The average Bonchev–Trinajstić information content (AvgIpc) is 2.36. The smallest absolute Gasteiger partial charge is 0.137 e. The van der Waals surface area contributed by atoms with Crippen LogP contribution in [-0.4, -0.2) is 26.9 Å². The molecule has 1 aromatic carbocycles. The Hall–Kier alpha value is -0.770. The number of halogens is 1. The second-order valence-corrected chi connectivity index (χ2v) is 6.50. The first kappa shape index (κ1) is 17.3. The van der Waals surface area contributed by atoms with Gasteiger partial charge >= 0.3 is 0 Å². The van der Waals surface area contributed by atoms with E-state index in [1.54, 1.807) is 7.11 Å². The van der Waals surface area contributed by atoms with Gasteiger partial charge < -0.3 is 14.8 Å². The third kappa shape index (κ3) is 7.13. The minimum Gasteiger partial charge on any atom is -0.492 e. The van der Waals surface area contributed by atoms with Crippen LogP contribution in [-0.2, 0) is 11.3 Å². The summed E-state index contributed by atoms with van der Waals surface area (Å²) in [6.07, 6.45) is 1.00. The molecule has 0 radical (unpaired) electrons. The van der Waals surface area contributed by atoms with Crippen molar-refractivity contribution in [2.24, 2.45) is 5.41 Å². The van der Waals surface area contributed by atoms with Gasteiger partial charge in [-0.15, -0.1) is 0 Å². The van der Waals surface area contributed by atoms with Gasteiger partial charge in [-0.05, 0) is 29.5 Å². The SMILES string of the molecule is COCCNCc1ccc(OCCC(C)(C)C)c(Cl)c1. The summed E-state index contributed by atoms with van der Waals surface area (Å²) in [5.74, 6) is 0.761. The predicted octanol–water partition coefficient (Wildman–Crippen LogP) is 3.89. The van der Waals surface area contributed by atoms with E-state index in [0.29, 0.717) is 18.2 Å². The van der Waals surface area contributed by atoms with Crippen molar-refractivity contribution in [1.82, 2.24) is 5.32 Å². The van der Waals surface area contributed by atoms with Crippen molar-refractivity contribution in [1.29, 1.82) is 0 Å². The molecule has 0 saturated carbocycles. The fraction of sp³-hybridized carbons (Fsp3) is 0.625. The van der Waals surface area contributed by atoms with Crippen LogP contribution >= 0.6 is 11.6 Å². The van der Waals surface area contributed by atoms with E-state index in [4.69, 9.17) is 21.1 Å². The second-order valence-electron chi connectivity index (χ2n) is 6.09. The Morgan fingerprint density at radius 3 is 2.55 bits per heavy atom. The Morgan fingerprint density at radius 1 is 1.20 bits per heavy atom. The second kappa shape index (κ2) is 8.50. The highest BCUT2D eigenvalue weighted by atomic mass is 35.5. The molecule has 0 saturated heterocycles. The van der Waals surface area contributed by atoms with Crippen molar-refractivity contribution >= 4 is 11.6 Å². The van der Waals surface area contributed by atoms with Crippen LogP contribution in [0.15, 0.2) is 18.2 Å². The summed E-state index contributed by atoms with van der Waals surface area (Å²) < 4.78 is 10.7. The number of ether oxygens (including phenoxy) is 2. The lowest BCUT2D eigenvalue weighted by atomic mass is 9.93. The van der Waals surface area contributed by atoms with E-state index in [1.807, 2.05) is 18.2 Å². The Balaban J connectivity index is 2.43. The van der Waals surface area contributed by atoms with E-state index in [2.05, 4.69) is 26.1 Å². The first-order valence-corrected chi connectivity index (χ1v) is 7.41. The number of methoxy groups -OCH3 is 1. The molecule has 0 aliphatic carbocycles. The summed E-state index contributed by atoms with van der Waals surface area (Å²) in [6, 6.07) is 5.93. The van der Waals surface area contributed by atoms with Gasteiger partial charge in [-0.2, -0.15) is 0 Å². The molecule has 0 fully saturated rings. The highest BCUT2D eigenvalue weighted by Crippen LogP contribution is 2.27. The van der Waals surface area contributed by atoms with Crippen LogP contribution in [0.4, 0.5) is 0 Å². The van der Waals surface area contributed by atoms with Gasteiger partial charge in [0.15, 0.2) is 0 Å². The van der Waals surface area contributed by atoms with Crippen LogP contribution in [0.3, 0.4) is 0 Å². The summed E-state index contributed by atoms with van der Waals surface area (Å²) in [6.45, 7) is 9.62. The third-order valence-electron chi connectivity index (χ3n) is 2.92. The molecule has 0 unspecified atom stereocenters. The van der Waals surface area contributed by atoms with Crippen LogP contribution in [0.2, 0.25) is 5.02 Å². The Kier molecular flexibility index (Phi) is 7.35. The van der Waals surface area contributed by atoms with Crippen LogP contribution in [0.5, 0.6) is 5.75 Å². The van der Waals surface area contributed by atoms with Gasteiger partial charge in [-0.1, -0.05) is 38.4 Å². The molecule has 0 aromatic heterocycles. The van der Waals surface area contributed by atoms with Crippen molar-refractivity contribution in [3.05, 3.63) is 28.8 Å². The zero-order valence-electron chi connectivity index (χ0n) is 13.0. The van der Waals surface area contributed by atoms with Crippen LogP contribution < -0.4 is 10.1 Å². The van der Waals surface area contributed by atoms with E-state index in [9.17, 15) is 0 Å². The monoisotopic (exact) mass is 299 g/mol. The fourth-order valence-electron chi connectivity index (χ4n) is 1.65. The molecule has 1 rings (SSSR count). The molecule has 1 N–H and O–H groups in total. The minimum absolute atomic E-state index is 0.275.